The van der Waals surface area contributed by atoms with Gasteiger partial charge in [-0.1, -0.05) is 12.1 Å². The van der Waals surface area contributed by atoms with Gasteiger partial charge in [-0.3, -0.25) is 4.79 Å². The highest BCUT2D eigenvalue weighted by Crippen LogP contribution is 2.11. The molecule has 3 heteroatoms. The van der Waals surface area contributed by atoms with E-state index >= 15 is 0 Å². The third-order valence-electron chi connectivity index (χ3n) is 1.97. The van der Waals surface area contributed by atoms with E-state index in [1.54, 1.807) is 19.2 Å². The van der Waals surface area contributed by atoms with Crippen LogP contribution in [-0.4, -0.2) is 7.11 Å². The zero-order valence-electron chi connectivity index (χ0n) is 7.82. The third-order valence-corrected chi connectivity index (χ3v) is 1.97. The zero-order valence-corrected chi connectivity index (χ0v) is 7.82. The van der Waals surface area contributed by atoms with Gasteiger partial charge in [-0.15, -0.1) is 0 Å². The van der Waals surface area contributed by atoms with Crippen LogP contribution in [-0.2, 0) is 11.3 Å². The van der Waals surface area contributed by atoms with Gasteiger partial charge in [0.1, 0.15) is 18.0 Å². The molecular weight excluding hydrogens is 180 g/mol. The lowest BCUT2D eigenvalue weighted by atomic mass is 10.2. The number of benzene rings is 1. The maximum atomic E-state index is 11.6. The number of hydrogen-bond acceptors (Lipinski definition) is 3. The van der Waals surface area contributed by atoms with Crippen molar-refractivity contribution in [3.63, 3.8) is 0 Å². The summed E-state index contributed by atoms with van der Waals surface area (Å²) in [5, 5.41) is 0.604. The van der Waals surface area contributed by atoms with Crippen molar-refractivity contribution in [3.05, 3.63) is 46.3 Å². The Hall–Kier alpha value is -1.61. The van der Waals surface area contributed by atoms with Gasteiger partial charge in [0, 0.05) is 13.2 Å². The first-order valence-electron chi connectivity index (χ1n) is 4.32. The minimum Gasteiger partial charge on any atom is -0.458 e. The first-order valence-corrected chi connectivity index (χ1v) is 4.32. The van der Waals surface area contributed by atoms with Crippen LogP contribution in [0.5, 0.6) is 0 Å². The Bertz CT molecular complexity index is 499. The standard InChI is InChI=1S/C11H10O3/c1-13-7-8-6-10(12)9-4-2-3-5-11(9)14-8/h2-6H,7H2,1H3. The Labute approximate surface area is 80.9 Å². The summed E-state index contributed by atoms with van der Waals surface area (Å²) in [6.07, 6.45) is 0. The highest BCUT2D eigenvalue weighted by Gasteiger charge is 2.02. The largest absolute Gasteiger partial charge is 0.458 e. The van der Waals surface area contributed by atoms with Crippen LogP contribution in [0.4, 0.5) is 0 Å². The molecule has 0 atom stereocenters. The number of methoxy groups -OCH3 is 1. The second-order valence-electron chi connectivity index (χ2n) is 3.01. The van der Waals surface area contributed by atoms with Crippen LogP contribution >= 0.6 is 0 Å². The molecule has 0 bridgehead atoms. The summed E-state index contributed by atoms with van der Waals surface area (Å²) in [7, 11) is 1.56. The molecule has 0 aliphatic carbocycles. The van der Waals surface area contributed by atoms with Crippen LogP contribution in [0.3, 0.4) is 0 Å². The fraction of sp³-hybridized carbons (Fsp3) is 0.182. The van der Waals surface area contributed by atoms with Gasteiger partial charge in [-0.25, -0.2) is 0 Å². The van der Waals surface area contributed by atoms with E-state index in [0.717, 1.165) is 0 Å². The molecule has 1 aromatic carbocycles. The lowest BCUT2D eigenvalue weighted by Gasteiger charge is -2.00. The molecule has 2 rings (SSSR count). The van der Waals surface area contributed by atoms with Crippen molar-refractivity contribution in [2.75, 3.05) is 7.11 Å². The fourth-order valence-corrected chi connectivity index (χ4v) is 1.37. The molecule has 14 heavy (non-hydrogen) atoms. The van der Waals surface area contributed by atoms with Crippen LogP contribution in [0, 0.1) is 0 Å². The van der Waals surface area contributed by atoms with Crippen molar-refractivity contribution in [1.82, 2.24) is 0 Å². The van der Waals surface area contributed by atoms with Crippen molar-refractivity contribution < 1.29 is 9.15 Å². The van der Waals surface area contributed by atoms with Gasteiger partial charge >= 0.3 is 0 Å². The van der Waals surface area contributed by atoms with E-state index in [2.05, 4.69) is 0 Å². The molecule has 0 fully saturated rings. The molecule has 1 heterocycles. The molecule has 0 radical (unpaired) electrons. The predicted octanol–water partition coefficient (Wildman–Crippen LogP) is 1.94. The summed E-state index contributed by atoms with van der Waals surface area (Å²) >= 11 is 0. The van der Waals surface area contributed by atoms with Crippen molar-refractivity contribution >= 4 is 11.0 Å². The Morgan fingerprint density at radius 3 is 2.93 bits per heavy atom. The first kappa shape index (κ1) is 8.97. The van der Waals surface area contributed by atoms with E-state index in [4.69, 9.17) is 9.15 Å². The summed E-state index contributed by atoms with van der Waals surface area (Å²) in [6, 6.07) is 8.64. The third kappa shape index (κ3) is 1.54. The van der Waals surface area contributed by atoms with E-state index in [0.29, 0.717) is 23.3 Å². The van der Waals surface area contributed by atoms with Gasteiger partial charge in [-0.2, -0.15) is 0 Å². The molecule has 0 saturated heterocycles. The van der Waals surface area contributed by atoms with E-state index in [-0.39, 0.29) is 5.43 Å². The Morgan fingerprint density at radius 1 is 1.36 bits per heavy atom. The molecule has 0 saturated carbocycles. The fourth-order valence-electron chi connectivity index (χ4n) is 1.37. The van der Waals surface area contributed by atoms with Gasteiger partial charge in [0.25, 0.3) is 0 Å². The van der Waals surface area contributed by atoms with E-state index < -0.39 is 0 Å². The molecule has 2 aromatic rings. The molecule has 72 valence electrons. The zero-order chi connectivity index (χ0) is 9.97. The summed E-state index contributed by atoms with van der Waals surface area (Å²) in [5.74, 6) is 0.552. The van der Waals surface area contributed by atoms with E-state index in [1.807, 2.05) is 12.1 Å². The van der Waals surface area contributed by atoms with Crippen LogP contribution in [0.25, 0.3) is 11.0 Å². The van der Waals surface area contributed by atoms with E-state index in [1.165, 1.54) is 6.07 Å². The van der Waals surface area contributed by atoms with Gasteiger partial charge in [-0.05, 0) is 12.1 Å². The van der Waals surface area contributed by atoms with Gasteiger partial charge < -0.3 is 9.15 Å². The highest BCUT2D eigenvalue weighted by molar-refractivity contribution is 5.75. The van der Waals surface area contributed by atoms with Crippen LogP contribution in [0.15, 0.2) is 39.5 Å². The van der Waals surface area contributed by atoms with E-state index in [9.17, 15) is 4.79 Å². The second-order valence-corrected chi connectivity index (χ2v) is 3.01. The van der Waals surface area contributed by atoms with Crippen LogP contribution < -0.4 is 5.43 Å². The second kappa shape index (κ2) is 3.64. The summed E-state index contributed by atoms with van der Waals surface area (Å²) in [5.41, 5.74) is 0.575. The van der Waals surface area contributed by atoms with Crippen molar-refractivity contribution in [2.45, 2.75) is 6.61 Å². The minimum atomic E-state index is -0.0288. The Balaban J connectivity index is 2.66. The normalized spacial score (nSPS) is 10.6. The van der Waals surface area contributed by atoms with Gasteiger partial charge in [0.15, 0.2) is 5.43 Å². The number of para-hydroxylation sites is 1. The topological polar surface area (TPSA) is 39.4 Å². The quantitative estimate of drug-likeness (QED) is 0.726. The average Bonchev–Trinajstić information content (AvgIpc) is 2.18. The Kier molecular flexibility index (Phi) is 2.33. The maximum absolute atomic E-state index is 11.6. The van der Waals surface area contributed by atoms with Crippen LogP contribution in [0.2, 0.25) is 0 Å². The molecular formula is C11H10O3. The molecule has 0 aliphatic heterocycles. The Morgan fingerprint density at radius 2 is 2.14 bits per heavy atom. The van der Waals surface area contributed by atoms with Gasteiger partial charge in [0.2, 0.25) is 0 Å². The average molecular weight is 190 g/mol. The van der Waals surface area contributed by atoms with Crippen molar-refractivity contribution in [2.24, 2.45) is 0 Å². The molecule has 0 unspecified atom stereocenters. The smallest absolute Gasteiger partial charge is 0.193 e. The molecule has 0 aliphatic rings. The monoisotopic (exact) mass is 190 g/mol. The van der Waals surface area contributed by atoms with Crippen molar-refractivity contribution in [3.8, 4) is 0 Å². The number of ether oxygens (including phenoxy) is 1. The molecule has 0 amide bonds. The summed E-state index contributed by atoms with van der Waals surface area (Å²) in [6.45, 7) is 0.320. The number of fused-ring (bicyclic) bond motifs is 1. The number of rotatable bonds is 2. The van der Waals surface area contributed by atoms with Crippen molar-refractivity contribution in [1.29, 1.82) is 0 Å². The lowest BCUT2D eigenvalue weighted by Crippen LogP contribution is -2.02. The summed E-state index contributed by atoms with van der Waals surface area (Å²) in [4.78, 5) is 11.6. The number of hydrogen-bond donors (Lipinski definition) is 0. The molecule has 0 spiro atoms. The predicted molar refractivity (Wildman–Crippen MR) is 53.2 cm³/mol. The highest BCUT2D eigenvalue weighted by atomic mass is 16.5. The first-order chi connectivity index (χ1) is 6.81. The molecule has 1 aromatic heterocycles. The minimum absolute atomic E-state index is 0.0288. The maximum Gasteiger partial charge on any atom is 0.193 e. The molecule has 3 nitrogen and oxygen atoms in total. The summed E-state index contributed by atoms with van der Waals surface area (Å²) < 4.78 is 10.4. The SMILES string of the molecule is COCc1cc(=O)c2ccccc2o1. The molecule has 0 N–H and O–H groups in total. The van der Waals surface area contributed by atoms with Crippen LogP contribution in [0.1, 0.15) is 5.76 Å². The lowest BCUT2D eigenvalue weighted by molar-refractivity contribution is 0.165. The van der Waals surface area contributed by atoms with Gasteiger partial charge in [0.05, 0.1) is 5.39 Å².